The van der Waals surface area contributed by atoms with Crippen molar-refractivity contribution in [1.29, 1.82) is 0 Å². The number of benzene rings is 2. The minimum Gasteiger partial charge on any atom is -0.484 e. The number of nitrogens with two attached hydrogens (primary N) is 1. The van der Waals surface area contributed by atoms with Crippen LogP contribution in [0.4, 0.5) is 0 Å². The van der Waals surface area contributed by atoms with E-state index >= 15 is 0 Å². The van der Waals surface area contributed by atoms with Crippen LogP contribution in [0.1, 0.15) is 48.3 Å². The van der Waals surface area contributed by atoms with Crippen LogP contribution in [0.5, 0.6) is 0 Å². The normalized spacial score (nSPS) is 18.4. The molecule has 1 aliphatic carbocycles. The first-order valence-electron chi connectivity index (χ1n) is 14.7. The lowest BCUT2D eigenvalue weighted by Crippen LogP contribution is -2.41. The molecule has 2 aliphatic heterocycles. The van der Waals surface area contributed by atoms with Crippen LogP contribution >= 0.6 is 0 Å². The van der Waals surface area contributed by atoms with E-state index in [0.717, 1.165) is 36.2 Å². The van der Waals surface area contributed by atoms with Gasteiger partial charge in [-0.05, 0) is 85.0 Å². The average molecular weight is 570 g/mol. The Bertz CT molecular complexity index is 1370. The second-order valence-corrected chi connectivity index (χ2v) is 11.2. The summed E-state index contributed by atoms with van der Waals surface area (Å²) in [5, 5.41) is 3.49. The molecule has 2 heterocycles. The third kappa shape index (κ3) is 6.99. The third-order valence-electron chi connectivity index (χ3n) is 8.53. The van der Waals surface area contributed by atoms with E-state index in [2.05, 4.69) is 59.9 Å². The molecule has 42 heavy (non-hydrogen) atoms. The van der Waals surface area contributed by atoms with Crippen molar-refractivity contribution in [3.8, 4) is 0 Å². The third-order valence-corrected chi connectivity index (χ3v) is 8.53. The smallest absolute Gasteiger partial charge is 0.305 e. The van der Waals surface area contributed by atoms with Crippen LogP contribution in [0.2, 0.25) is 0 Å². The van der Waals surface area contributed by atoms with Crippen molar-refractivity contribution >= 4 is 17.7 Å². The fourth-order valence-corrected chi connectivity index (χ4v) is 6.19. The lowest BCUT2D eigenvalue weighted by molar-refractivity contribution is -0.141. The number of carbonyl (C=O) groups is 3. The molecular weight excluding hydrogens is 530 g/mol. The number of methoxy groups -OCH3 is 1. The largest absolute Gasteiger partial charge is 0.484 e. The molecule has 1 saturated heterocycles. The molecule has 0 saturated carbocycles. The van der Waals surface area contributed by atoms with Crippen molar-refractivity contribution in [3.05, 3.63) is 107 Å². The maximum Gasteiger partial charge on any atom is 0.305 e. The maximum absolute atomic E-state index is 12.8. The molecule has 0 aromatic heterocycles. The number of primary amides is 1. The first kappa shape index (κ1) is 29.3. The summed E-state index contributed by atoms with van der Waals surface area (Å²) in [7, 11) is 1.31. The molecule has 0 spiro atoms. The van der Waals surface area contributed by atoms with E-state index in [0.29, 0.717) is 18.4 Å². The lowest BCUT2D eigenvalue weighted by atomic mass is 9.77. The summed E-state index contributed by atoms with van der Waals surface area (Å²) < 4.78 is 10.8. The van der Waals surface area contributed by atoms with Crippen molar-refractivity contribution in [3.63, 3.8) is 0 Å². The van der Waals surface area contributed by atoms with Crippen LogP contribution in [0.15, 0.2) is 89.9 Å². The highest BCUT2D eigenvalue weighted by atomic mass is 16.5. The van der Waals surface area contributed by atoms with E-state index < -0.39 is 17.9 Å². The molecule has 3 N–H and O–H groups in total. The summed E-state index contributed by atoms with van der Waals surface area (Å²) in [6.45, 7) is 2.67. The maximum atomic E-state index is 12.8. The quantitative estimate of drug-likeness (QED) is 0.373. The number of rotatable bonds is 12. The number of hydrogen-bond donors (Lipinski definition) is 2. The van der Waals surface area contributed by atoms with Crippen molar-refractivity contribution in [2.45, 2.75) is 50.7 Å². The Kier molecular flexibility index (Phi) is 9.54. The molecule has 8 nitrogen and oxygen atoms in total. The van der Waals surface area contributed by atoms with E-state index in [1.54, 1.807) is 17.2 Å². The molecule has 1 amide bonds. The molecule has 2 atom stereocenters. The molecule has 0 bridgehead atoms. The number of esters is 1. The number of carbonyl (C=O) groups excluding carboxylic acids is 3. The molecule has 0 radical (unpaired) electrons. The minimum absolute atomic E-state index is 0.0702. The number of nitrogens with zero attached hydrogens (tertiary/aromatic N) is 1. The van der Waals surface area contributed by atoms with E-state index in [1.807, 2.05) is 0 Å². The van der Waals surface area contributed by atoms with Crippen LogP contribution in [0, 0.1) is 5.92 Å². The molecular formula is C34H39N3O5. The summed E-state index contributed by atoms with van der Waals surface area (Å²) >= 11 is 0. The van der Waals surface area contributed by atoms with Crippen LogP contribution < -0.4 is 11.1 Å². The van der Waals surface area contributed by atoms with Gasteiger partial charge in [0.25, 0.3) is 0 Å². The van der Waals surface area contributed by atoms with Crippen molar-refractivity contribution in [2.24, 2.45) is 11.7 Å². The van der Waals surface area contributed by atoms with Crippen LogP contribution in [0.25, 0.3) is 0 Å². The second kappa shape index (κ2) is 13.7. The van der Waals surface area contributed by atoms with Crippen LogP contribution in [-0.2, 0) is 36.9 Å². The number of nitrogens with one attached hydrogen (secondary N) is 1. The zero-order valence-corrected chi connectivity index (χ0v) is 24.1. The summed E-state index contributed by atoms with van der Waals surface area (Å²) in [5.41, 5.74) is 10.8. The van der Waals surface area contributed by atoms with Gasteiger partial charge in [0, 0.05) is 24.7 Å². The molecule has 8 heteroatoms. The molecule has 3 aliphatic rings. The number of amides is 1. The lowest BCUT2D eigenvalue weighted by Gasteiger charge is -2.31. The van der Waals surface area contributed by atoms with Crippen molar-refractivity contribution < 1.29 is 23.9 Å². The molecule has 1 fully saturated rings. The summed E-state index contributed by atoms with van der Waals surface area (Å²) in [6, 6.07) is 18.6. The Morgan fingerprint density at radius 2 is 1.76 bits per heavy atom. The standard InChI is InChI=1S/C34H39N3O5/c1-41-32(39)14-12-30(34(35)40)37-20-27-11-13-31(38)33(29(27)21-37)42-22-24-7-9-25(10-8-24)28(26-15-17-36-18-16-26)19-23-5-3-2-4-6-23/h2-11,13,20,26,28,30,36H,12,14-19,21-22H2,1H3,(H2,35,40). The van der Waals surface area contributed by atoms with E-state index in [1.165, 1.54) is 37.2 Å². The van der Waals surface area contributed by atoms with Crippen LogP contribution in [-0.4, -0.2) is 55.3 Å². The Morgan fingerprint density at radius 3 is 2.45 bits per heavy atom. The van der Waals surface area contributed by atoms with E-state index in [-0.39, 0.29) is 31.0 Å². The number of allylic oxidation sites excluding steroid dienone is 2. The first-order valence-corrected chi connectivity index (χ1v) is 14.7. The van der Waals surface area contributed by atoms with Crippen molar-refractivity contribution in [1.82, 2.24) is 10.2 Å². The fourth-order valence-electron chi connectivity index (χ4n) is 6.19. The van der Waals surface area contributed by atoms with Gasteiger partial charge in [0.2, 0.25) is 11.7 Å². The highest BCUT2D eigenvalue weighted by Crippen LogP contribution is 2.35. The molecule has 2 aromatic carbocycles. The van der Waals surface area contributed by atoms with Gasteiger partial charge in [0.15, 0.2) is 5.76 Å². The predicted octanol–water partition coefficient (Wildman–Crippen LogP) is 3.93. The SMILES string of the molecule is COC(=O)CCC(C(N)=O)N1C=C2C=CC(=O)C(OCc3ccc(C(Cc4ccccc4)C4CCNCC4)cc3)=C2C1. The fraction of sp³-hybridized carbons (Fsp3) is 0.382. The second-order valence-electron chi connectivity index (χ2n) is 11.2. The Morgan fingerprint density at radius 1 is 1.02 bits per heavy atom. The van der Waals surface area contributed by atoms with Crippen molar-refractivity contribution in [2.75, 3.05) is 26.7 Å². The zero-order chi connectivity index (χ0) is 29.5. The van der Waals surface area contributed by atoms with Gasteiger partial charge in [-0.2, -0.15) is 0 Å². The van der Waals surface area contributed by atoms with Gasteiger partial charge < -0.3 is 25.4 Å². The predicted molar refractivity (Wildman–Crippen MR) is 160 cm³/mol. The van der Waals surface area contributed by atoms with Crippen LogP contribution in [0.3, 0.4) is 0 Å². The van der Waals surface area contributed by atoms with Gasteiger partial charge in [-0.15, -0.1) is 0 Å². The number of ether oxygens (including phenoxy) is 2. The molecule has 2 aromatic rings. The zero-order valence-electron chi connectivity index (χ0n) is 24.1. The Hall–Kier alpha value is -4.17. The number of piperidine rings is 1. The summed E-state index contributed by atoms with van der Waals surface area (Å²) in [6.07, 6.45) is 8.65. The first-order chi connectivity index (χ1) is 20.4. The monoisotopic (exact) mass is 569 g/mol. The molecule has 220 valence electrons. The van der Waals surface area contributed by atoms with Gasteiger partial charge in [0.05, 0.1) is 7.11 Å². The van der Waals surface area contributed by atoms with Gasteiger partial charge in [-0.3, -0.25) is 14.4 Å². The number of fused-ring (bicyclic) bond motifs is 1. The number of hydrogen-bond acceptors (Lipinski definition) is 7. The molecule has 2 unspecified atom stereocenters. The topological polar surface area (TPSA) is 111 Å². The minimum atomic E-state index is -0.698. The van der Waals surface area contributed by atoms with E-state index in [9.17, 15) is 14.4 Å². The van der Waals surface area contributed by atoms with Gasteiger partial charge in [-0.1, -0.05) is 54.6 Å². The average Bonchev–Trinajstić information content (AvgIpc) is 3.44. The highest BCUT2D eigenvalue weighted by molar-refractivity contribution is 6.05. The summed E-state index contributed by atoms with van der Waals surface area (Å²) in [5.74, 6) is 0.191. The van der Waals surface area contributed by atoms with E-state index in [4.69, 9.17) is 15.2 Å². The Balaban J connectivity index is 1.28. The van der Waals surface area contributed by atoms with Gasteiger partial charge in [0.1, 0.15) is 12.6 Å². The highest BCUT2D eigenvalue weighted by Gasteiger charge is 2.33. The van der Waals surface area contributed by atoms with Gasteiger partial charge >= 0.3 is 5.97 Å². The number of ketones is 1. The van der Waals surface area contributed by atoms with Gasteiger partial charge in [-0.25, -0.2) is 0 Å². The molecule has 5 rings (SSSR count). The summed E-state index contributed by atoms with van der Waals surface area (Å²) in [4.78, 5) is 38.4. The Labute approximate surface area is 247 Å².